The molecule has 3 atom stereocenters. The molecule has 4 aromatic rings. The summed E-state index contributed by atoms with van der Waals surface area (Å²) in [4.78, 5) is 31.5. The van der Waals surface area contributed by atoms with Gasteiger partial charge in [-0.3, -0.25) is 0 Å². The predicted molar refractivity (Wildman–Crippen MR) is 153 cm³/mol. The molecule has 14 heteroatoms. The summed E-state index contributed by atoms with van der Waals surface area (Å²) in [5.74, 6) is -1.51. The van der Waals surface area contributed by atoms with E-state index in [1.807, 2.05) is 4.90 Å². The summed E-state index contributed by atoms with van der Waals surface area (Å²) in [6.07, 6.45) is -1.07. The number of carbonyl (C=O) groups excluding carboxylic acids is 1. The number of benzene rings is 2. The third kappa shape index (κ3) is 5.02. The molecule has 0 radical (unpaired) electrons. The minimum Gasteiger partial charge on any atom is -0.478 e. The molecule has 2 aromatic carbocycles. The Balaban J connectivity index is 1.15. The standard InChI is InChI=1S/C29H22Cl2F3N3O5S/c30-18-2-1-3-19(31)21(18)24-22(25(42-36-24)12-4-5-12)27(40)41-16-10-14-6-7-15(11-16)37(14)28-35-23-17(29(32,33)34)8-13(26(38)39)9-20(23)43-28/h1-3,8-9,12,14-16H,4-7,10-11H2,(H,38,39)/t14-,15+,16?. The number of carboxylic acid groups (broad SMARTS) is 1. The molecule has 43 heavy (non-hydrogen) atoms. The molecule has 3 aliphatic rings. The van der Waals surface area contributed by atoms with Crippen molar-refractivity contribution in [1.82, 2.24) is 10.1 Å². The van der Waals surface area contributed by atoms with Crippen LogP contribution in [0, 0.1) is 0 Å². The number of thiazole rings is 1. The van der Waals surface area contributed by atoms with E-state index in [0.717, 1.165) is 37.0 Å². The van der Waals surface area contributed by atoms with E-state index in [2.05, 4.69) is 10.1 Å². The highest BCUT2D eigenvalue weighted by atomic mass is 35.5. The molecule has 2 aliphatic heterocycles. The van der Waals surface area contributed by atoms with E-state index < -0.39 is 35.3 Å². The number of esters is 1. The molecule has 2 aromatic heterocycles. The highest BCUT2D eigenvalue weighted by molar-refractivity contribution is 7.22. The Bertz CT molecular complexity index is 1750. The lowest BCUT2D eigenvalue weighted by atomic mass is 9.99. The fourth-order valence-corrected chi connectivity index (χ4v) is 7.98. The van der Waals surface area contributed by atoms with Crippen LogP contribution in [0.15, 0.2) is 34.9 Å². The Kier molecular flexibility index (Phi) is 6.86. The average Bonchev–Trinajstić information content (AvgIpc) is 3.44. The summed E-state index contributed by atoms with van der Waals surface area (Å²) in [6.45, 7) is 0. The van der Waals surface area contributed by atoms with Gasteiger partial charge in [0.15, 0.2) is 10.9 Å². The van der Waals surface area contributed by atoms with Crippen molar-refractivity contribution < 1.29 is 37.1 Å². The Morgan fingerprint density at radius 2 is 1.74 bits per heavy atom. The monoisotopic (exact) mass is 651 g/mol. The van der Waals surface area contributed by atoms with Gasteiger partial charge >= 0.3 is 18.1 Å². The maximum atomic E-state index is 13.8. The first-order valence-corrected chi connectivity index (χ1v) is 15.2. The van der Waals surface area contributed by atoms with Gasteiger partial charge in [-0.1, -0.05) is 45.8 Å². The average molecular weight is 652 g/mol. The zero-order chi connectivity index (χ0) is 30.2. The molecule has 7 rings (SSSR count). The SMILES string of the molecule is O=C(O)c1cc(C(F)(F)F)c2nc(N3[C@@H]4CC[C@H]3CC(OC(=O)c3c(-c5c(Cl)cccc5Cl)noc3C3CC3)C4)sc2c1. The maximum Gasteiger partial charge on any atom is 0.418 e. The van der Waals surface area contributed by atoms with Crippen LogP contribution in [-0.4, -0.2) is 45.4 Å². The lowest BCUT2D eigenvalue weighted by Gasteiger charge is -2.38. The Morgan fingerprint density at radius 3 is 2.35 bits per heavy atom. The van der Waals surface area contributed by atoms with Crippen LogP contribution in [0.4, 0.5) is 18.3 Å². The van der Waals surface area contributed by atoms with E-state index in [1.54, 1.807) is 18.2 Å². The van der Waals surface area contributed by atoms with Crippen LogP contribution in [0.2, 0.25) is 10.0 Å². The smallest absolute Gasteiger partial charge is 0.418 e. The van der Waals surface area contributed by atoms with Gasteiger partial charge in [-0.05, 0) is 49.9 Å². The van der Waals surface area contributed by atoms with Crippen LogP contribution in [0.1, 0.15) is 76.5 Å². The van der Waals surface area contributed by atoms with Crippen molar-refractivity contribution in [3.8, 4) is 11.3 Å². The molecule has 4 heterocycles. The van der Waals surface area contributed by atoms with Gasteiger partial charge in [0.2, 0.25) is 0 Å². The van der Waals surface area contributed by atoms with E-state index in [9.17, 15) is 27.9 Å². The topological polar surface area (TPSA) is 106 Å². The van der Waals surface area contributed by atoms with Crippen LogP contribution in [0.3, 0.4) is 0 Å². The Morgan fingerprint density at radius 1 is 1.07 bits per heavy atom. The first-order chi connectivity index (χ1) is 20.5. The highest BCUT2D eigenvalue weighted by Crippen LogP contribution is 2.48. The van der Waals surface area contributed by atoms with Gasteiger partial charge < -0.3 is 19.3 Å². The third-order valence-electron chi connectivity index (χ3n) is 8.29. The molecule has 224 valence electrons. The van der Waals surface area contributed by atoms with Crippen LogP contribution in [0.5, 0.6) is 0 Å². The number of rotatable bonds is 6. The number of nitrogens with zero attached hydrogens (tertiary/aromatic N) is 3. The van der Waals surface area contributed by atoms with Crippen LogP contribution in [0.25, 0.3) is 21.5 Å². The number of fused-ring (bicyclic) bond motifs is 3. The summed E-state index contributed by atoms with van der Waals surface area (Å²) in [6, 6.07) is 6.61. The lowest BCUT2D eigenvalue weighted by Crippen LogP contribution is -2.46. The lowest BCUT2D eigenvalue weighted by molar-refractivity contribution is -0.136. The first-order valence-electron chi connectivity index (χ1n) is 13.7. The molecular formula is C29H22Cl2F3N3O5S. The van der Waals surface area contributed by atoms with Gasteiger partial charge in [-0.2, -0.15) is 13.2 Å². The molecule has 1 aliphatic carbocycles. The summed E-state index contributed by atoms with van der Waals surface area (Å²) >= 11 is 13.9. The van der Waals surface area contributed by atoms with E-state index in [1.165, 1.54) is 6.07 Å². The van der Waals surface area contributed by atoms with Crippen molar-refractivity contribution in [3.05, 3.63) is 62.8 Å². The van der Waals surface area contributed by atoms with Gasteiger partial charge in [0, 0.05) is 36.4 Å². The number of hydrogen-bond donors (Lipinski definition) is 1. The Labute approximate surface area is 256 Å². The largest absolute Gasteiger partial charge is 0.478 e. The minimum absolute atomic E-state index is 0.0605. The normalized spacial score (nSPS) is 21.9. The zero-order valence-electron chi connectivity index (χ0n) is 22.2. The highest BCUT2D eigenvalue weighted by Gasteiger charge is 2.45. The number of halogens is 5. The fraction of sp³-hybridized carbons (Fsp3) is 0.379. The molecule has 2 saturated heterocycles. The fourth-order valence-electron chi connectivity index (χ4n) is 6.23. The van der Waals surface area contributed by atoms with E-state index >= 15 is 0 Å². The summed E-state index contributed by atoms with van der Waals surface area (Å²) < 4.78 is 53.3. The van der Waals surface area contributed by atoms with Crippen LogP contribution < -0.4 is 4.90 Å². The molecule has 0 spiro atoms. The van der Waals surface area contributed by atoms with Gasteiger partial charge in [0.25, 0.3) is 0 Å². The predicted octanol–water partition coefficient (Wildman–Crippen LogP) is 8.21. The van der Waals surface area contributed by atoms with Crippen molar-refractivity contribution in [3.63, 3.8) is 0 Å². The number of hydrogen-bond acceptors (Lipinski definition) is 8. The van der Waals surface area contributed by atoms with E-state index in [4.69, 9.17) is 32.5 Å². The maximum absolute atomic E-state index is 13.8. The van der Waals surface area contributed by atoms with Crippen molar-refractivity contribution in [2.45, 2.75) is 68.8 Å². The number of ether oxygens (including phenoxy) is 1. The quantitative estimate of drug-likeness (QED) is 0.208. The zero-order valence-corrected chi connectivity index (χ0v) is 24.5. The van der Waals surface area contributed by atoms with E-state index in [-0.39, 0.29) is 39.5 Å². The van der Waals surface area contributed by atoms with Gasteiger partial charge in [0.05, 0.1) is 31.4 Å². The number of alkyl halides is 3. The molecule has 1 unspecified atom stereocenters. The number of piperidine rings is 1. The van der Waals surface area contributed by atoms with Gasteiger partial charge in [-0.25, -0.2) is 14.6 Å². The second-order valence-corrected chi connectivity index (χ2v) is 12.9. The molecule has 1 N–H and O–H groups in total. The minimum atomic E-state index is -4.76. The molecule has 8 nitrogen and oxygen atoms in total. The van der Waals surface area contributed by atoms with Crippen molar-refractivity contribution >= 4 is 61.8 Å². The van der Waals surface area contributed by atoms with E-state index in [0.29, 0.717) is 45.4 Å². The summed E-state index contributed by atoms with van der Waals surface area (Å²) in [7, 11) is 0. The second-order valence-electron chi connectivity index (χ2n) is 11.1. The summed E-state index contributed by atoms with van der Waals surface area (Å²) in [5, 5.41) is 14.6. The molecule has 1 saturated carbocycles. The number of aromatic nitrogens is 2. The Hall–Kier alpha value is -3.35. The van der Waals surface area contributed by atoms with Crippen LogP contribution in [-0.2, 0) is 10.9 Å². The molecular weight excluding hydrogens is 630 g/mol. The third-order valence-corrected chi connectivity index (χ3v) is 9.94. The van der Waals surface area contributed by atoms with Gasteiger partial charge in [-0.15, -0.1) is 0 Å². The molecule has 3 fully saturated rings. The number of carboxylic acids is 1. The number of anilines is 1. The first kappa shape index (κ1) is 28.4. The van der Waals surface area contributed by atoms with Crippen molar-refractivity contribution in [1.29, 1.82) is 0 Å². The summed E-state index contributed by atoms with van der Waals surface area (Å²) in [5.41, 5.74) is -0.943. The molecule has 2 bridgehead atoms. The van der Waals surface area contributed by atoms with Crippen LogP contribution >= 0.6 is 34.5 Å². The second kappa shape index (κ2) is 10.4. The molecule has 0 amide bonds. The number of carbonyl (C=O) groups is 2. The number of aromatic carboxylic acids is 1. The van der Waals surface area contributed by atoms with Gasteiger partial charge in [0.1, 0.15) is 17.4 Å². The van der Waals surface area contributed by atoms with Crippen molar-refractivity contribution in [2.75, 3.05) is 4.90 Å². The van der Waals surface area contributed by atoms with Crippen molar-refractivity contribution in [2.24, 2.45) is 0 Å².